The molecule has 0 aliphatic carbocycles. The van der Waals surface area contributed by atoms with Crippen molar-refractivity contribution < 1.29 is 4.74 Å². The molecule has 2 nitrogen and oxygen atoms in total. The molecule has 1 aromatic rings. The van der Waals surface area contributed by atoms with E-state index in [1.54, 1.807) is 6.07 Å². The van der Waals surface area contributed by atoms with Gasteiger partial charge < -0.3 is 9.64 Å². The number of nitrogens with zero attached hydrogens (tertiary/aromatic N) is 1. The minimum atomic E-state index is 0. The zero-order chi connectivity index (χ0) is 11.5. The number of rotatable bonds is 2. The van der Waals surface area contributed by atoms with Crippen molar-refractivity contribution in [2.45, 2.75) is 18.9 Å². The molecule has 0 unspecified atom stereocenters. The Kier molecular flexibility index (Phi) is 5.87. The van der Waals surface area contributed by atoms with Crippen molar-refractivity contribution >= 4 is 35.6 Å². The third-order valence-electron chi connectivity index (χ3n) is 2.88. The molecule has 0 radical (unpaired) electrons. The highest BCUT2D eigenvalue weighted by atomic mass is 35.5. The molecule has 1 aliphatic heterocycles. The Bertz CT molecular complexity index is 365. The van der Waals surface area contributed by atoms with Crippen molar-refractivity contribution in [2.75, 3.05) is 20.1 Å². The first-order chi connectivity index (χ1) is 7.66. The highest BCUT2D eigenvalue weighted by Crippen LogP contribution is 2.33. The van der Waals surface area contributed by atoms with Crippen LogP contribution in [-0.2, 0) is 0 Å². The molecule has 0 spiro atoms. The highest BCUT2D eigenvalue weighted by molar-refractivity contribution is 6.42. The summed E-state index contributed by atoms with van der Waals surface area (Å²) < 4.78 is 5.87. The van der Waals surface area contributed by atoms with Crippen molar-refractivity contribution in [3.8, 4) is 5.75 Å². The number of piperidine rings is 1. The second-order valence-corrected chi connectivity index (χ2v) is 4.96. The quantitative estimate of drug-likeness (QED) is 0.821. The molecule has 1 heterocycles. The first kappa shape index (κ1) is 14.9. The van der Waals surface area contributed by atoms with E-state index in [1.807, 2.05) is 12.1 Å². The third kappa shape index (κ3) is 3.92. The van der Waals surface area contributed by atoms with E-state index in [1.165, 1.54) is 0 Å². The van der Waals surface area contributed by atoms with E-state index in [9.17, 15) is 0 Å². The van der Waals surface area contributed by atoms with Gasteiger partial charge in [-0.2, -0.15) is 0 Å². The second kappa shape index (κ2) is 6.69. The summed E-state index contributed by atoms with van der Waals surface area (Å²) in [4.78, 5) is 2.30. The zero-order valence-corrected chi connectivity index (χ0v) is 12.0. The van der Waals surface area contributed by atoms with E-state index in [-0.39, 0.29) is 18.5 Å². The molecule has 1 saturated heterocycles. The van der Waals surface area contributed by atoms with Crippen LogP contribution in [0.4, 0.5) is 0 Å². The molecule has 0 atom stereocenters. The van der Waals surface area contributed by atoms with Gasteiger partial charge >= 0.3 is 0 Å². The van der Waals surface area contributed by atoms with E-state index in [0.29, 0.717) is 15.8 Å². The van der Waals surface area contributed by atoms with Gasteiger partial charge in [-0.3, -0.25) is 0 Å². The van der Waals surface area contributed by atoms with E-state index in [0.717, 1.165) is 25.9 Å². The molecule has 96 valence electrons. The average Bonchev–Trinajstić information content (AvgIpc) is 2.28. The maximum absolute atomic E-state index is 6.07. The molecule has 5 heteroatoms. The van der Waals surface area contributed by atoms with Crippen molar-refractivity contribution in [1.82, 2.24) is 4.90 Å². The summed E-state index contributed by atoms with van der Waals surface area (Å²) in [6.45, 7) is 2.14. The predicted molar refractivity (Wildman–Crippen MR) is 74.9 cm³/mol. The molecule has 1 aromatic carbocycles. The predicted octanol–water partition coefficient (Wildman–Crippen LogP) is 3.89. The first-order valence-electron chi connectivity index (χ1n) is 5.46. The molecule has 0 N–H and O–H groups in total. The fourth-order valence-corrected chi connectivity index (χ4v) is 2.19. The van der Waals surface area contributed by atoms with Gasteiger partial charge in [-0.05, 0) is 32.0 Å². The Morgan fingerprint density at radius 1 is 1.24 bits per heavy atom. The van der Waals surface area contributed by atoms with Gasteiger partial charge in [0.05, 0.1) is 5.02 Å². The maximum atomic E-state index is 6.07. The van der Waals surface area contributed by atoms with Gasteiger partial charge in [-0.15, -0.1) is 12.4 Å². The van der Waals surface area contributed by atoms with Crippen molar-refractivity contribution in [3.63, 3.8) is 0 Å². The highest BCUT2D eigenvalue weighted by Gasteiger charge is 2.19. The first-order valence-corrected chi connectivity index (χ1v) is 6.21. The Hall–Kier alpha value is -0.150. The zero-order valence-electron chi connectivity index (χ0n) is 9.66. The van der Waals surface area contributed by atoms with Gasteiger partial charge in [-0.1, -0.05) is 29.3 Å². The average molecular weight is 297 g/mol. The van der Waals surface area contributed by atoms with Gasteiger partial charge in [0.1, 0.15) is 16.9 Å². The van der Waals surface area contributed by atoms with Gasteiger partial charge in [0, 0.05) is 13.1 Å². The molecule has 1 aliphatic rings. The Labute approximate surface area is 118 Å². The number of ether oxygens (including phenoxy) is 1. The van der Waals surface area contributed by atoms with Crippen LogP contribution in [0.5, 0.6) is 5.75 Å². The van der Waals surface area contributed by atoms with Crippen LogP contribution in [0, 0.1) is 0 Å². The number of hydrogen-bond donors (Lipinski definition) is 0. The minimum absolute atomic E-state index is 0. The maximum Gasteiger partial charge on any atom is 0.139 e. The number of hydrogen-bond acceptors (Lipinski definition) is 2. The van der Waals surface area contributed by atoms with E-state index in [4.69, 9.17) is 27.9 Å². The number of halogens is 3. The lowest BCUT2D eigenvalue weighted by Crippen LogP contribution is -2.35. The SMILES string of the molecule is CN1CCC(Oc2cccc(Cl)c2Cl)CC1.Cl. The molecular formula is C12H16Cl3NO. The lowest BCUT2D eigenvalue weighted by Gasteiger charge is -2.29. The molecule has 0 saturated carbocycles. The summed E-state index contributed by atoms with van der Waals surface area (Å²) in [7, 11) is 2.13. The molecule has 1 fully saturated rings. The lowest BCUT2D eigenvalue weighted by atomic mass is 10.1. The van der Waals surface area contributed by atoms with Crippen LogP contribution in [0.1, 0.15) is 12.8 Å². The Balaban J connectivity index is 0.00000144. The smallest absolute Gasteiger partial charge is 0.139 e. The van der Waals surface area contributed by atoms with Crippen LogP contribution in [0.25, 0.3) is 0 Å². The lowest BCUT2D eigenvalue weighted by molar-refractivity contribution is 0.114. The molecule has 17 heavy (non-hydrogen) atoms. The van der Waals surface area contributed by atoms with E-state index >= 15 is 0 Å². The Morgan fingerprint density at radius 2 is 1.88 bits per heavy atom. The largest absolute Gasteiger partial charge is 0.489 e. The van der Waals surface area contributed by atoms with Crippen molar-refractivity contribution in [1.29, 1.82) is 0 Å². The molecule has 2 rings (SSSR count). The fraction of sp³-hybridized carbons (Fsp3) is 0.500. The van der Waals surface area contributed by atoms with Gasteiger partial charge in [0.25, 0.3) is 0 Å². The van der Waals surface area contributed by atoms with Crippen LogP contribution in [-0.4, -0.2) is 31.1 Å². The van der Waals surface area contributed by atoms with Crippen LogP contribution in [0.15, 0.2) is 18.2 Å². The topological polar surface area (TPSA) is 12.5 Å². The van der Waals surface area contributed by atoms with Crippen molar-refractivity contribution in [3.05, 3.63) is 28.2 Å². The Morgan fingerprint density at radius 3 is 2.53 bits per heavy atom. The monoisotopic (exact) mass is 295 g/mol. The normalized spacial score (nSPS) is 17.6. The van der Waals surface area contributed by atoms with Gasteiger partial charge in [0.2, 0.25) is 0 Å². The van der Waals surface area contributed by atoms with E-state index in [2.05, 4.69) is 11.9 Å². The summed E-state index contributed by atoms with van der Waals surface area (Å²) in [5.41, 5.74) is 0. The standard InChI is InChI=1S/C12H15Cl2NO.ClH/c1-15-7-5-9(6-8-15)16-11-4-2-3-10(13)12(11)14;/h2-4,9H,5-8H2,1H3;1H. The molecular weight excluding hydrogens is 280 g/mol. The van der Waals surface area contributed by atoms with Crippen LogP contribution < -0.4 is 4.74 Å². The molecule has 0 aromatic heterocycles. The summed E-state index contributed by atoms with van der Waals surface area (Å²) in [5, 5.41) is 1.06. The fourth-order valence-electron chi connectivity index (χ4n) is 1.86. The van der Waals surface area contributed by atoms with Gasteiger partial charge in [0.15, 0.2) is 0 Å². The summed E-state index contributed by atoms with van der Waals surface area (Å²) >= 11 is 12.0. The van der Waals surface area contributed by atoms with Crippen LogP contribution >= 0.6 is 35.6 Å². The molecule has 0 amide bonds. The summed E-state index contributed by atoms with van der Waals surface area (Å²) in [5.74, 6) is 0.698. The van der Waals surface area contributed by atoms with Crippen LogP contribution in [0.3, 0.4) is 0 Å². The number of benzene rings is 1. The third-order valence-corrected chi connectivity index (χ3v) is 3.68. The second-order valence-electron chi connectivity index (χ2n) is 4.17. The van der Waals surface area contributed by atoms with Crippen molar-refractivity contribution in [2.24, 2.45) is 0 Å². The van der Waals surface area contributed by atoms with E-state index < -0.39 is 0 Å². The summed E-state index contributed by atoms with van der Waals surface area (Å²) in [6.07, 6.45) is 2.34. The summed E-state index contributed by atoms with van der Waals surface area (Å²) in [6, 6.07) is 5.50. The number of likely N-dealkylation sites (tertiary alicyclic amines) is 1. The minimum Gasteiger partial charge on any atom is -0.489 e. The molecule has 0 bridgehead atoms. The van der Waals surface area contributed by atoms with Crippen LogP contribution in [0.2, 0.25) is 10.0 Å². The van der Waals surface area contributed by atoms with Gasteiger partial charge in [-0.25, -0.2) is 0 Å².